The van der Waals surface area contributed by atoms with Gasteiger partial charge in [-0.1, -0.05) is 5.92 Å². The number of terminal acetylenes is 1. The van der Waals surface area contributed by atoms with E-state index in [1.807, 2.05) is 7.05 Å². The van der Waals surface area contributed by atoms with Crippen LogP contribution in [0.25, 0.3) is 0 Å². The topological polar surface area (TPSA) is 49.3 Å². The fraction of sp³-hybridized carbons (Fsp3) is 0.417. The minimum Gasteiger partial charge on any atom is -0.321 e. The summed E-state index contributed by atoms with van der Waals surface area (Å²) < 4.78 is 0. The van der Waals surface area contributed by atoms with E-state index in [9.17, 15) is 4.79 Å². The molecule has 5 nitrogen and oxygen atoms in total. The van der Waals surface area contributed by atoms with Crippen molar-refractivity contribution in [2.24, 2.45) is 0 Å². The predicted octanol–water partition coefficient (Wildman–Crippen LogP) is -0.134. The molecule has 1 aliphatic rings. The normalized spacial score (nSPS) is 20.9. The van der Waals surface area contributed by atoms with Gasteiger partial charge in [0.05, 0.1) is 0 Å². The molecule has 2 rings (SSSR count). The molecule has 2 heterocycles. The van der Waals surface area contributed by atoms with Gasteiger partial charge in [0.2, 0.25) is 0 Å². The molecule has 1 aliphatic heterocycles. The summed E-state index contributed by atoms with van der Waals surface area (Å²) in [6, 6.07) is 1.42. The van der Waals surface area contributed by atoms with Gasteiger partial charge in [-0.15, -0.1) is 6.42 Å². The third-order valence-corrected chi connectivity index (χ3v) is 2.84. The zero-order valence-electron chi connectivity index (χ0n) is 9.71. The lowest BCUT2D eigenvalue weighted by Crippen LogP contribution is -2.53. The van der Waals surface area contributed by atoms with Crippen LogP contribution in [0.4, 0.5) is 0 Å². The Labute approximate surface area is 100 Å². The standard InChI is InChI=1S/C12H14N4O/c1-3-10-8-15(2)6-7-16(10)12(17)11-4-5-13-9-14-11/h1,4-5,9-10H,6-8H2,2H3/t10-/m0/s1. The molecule has 1 aromatic rings. The van der Waals surface area contributed by atoms with Crippen LogP contribution in [0, 0.1) is 12.3 Å². The maximum absolute atomic E-state index is 12.2. The maximum Gasteiger partial charge on any atom is 0.273 e. The van der Waals surface area contributed by atoms with Gasteiger partial charge in [0.1, 0.15) is 18.1 Å². The number of carbonyl (C=O) groups is 1. The highest BCUT2D eigenvalue weighted by atomic mass is 16.2. The average molecular weight is 230 g/mol. The second-order valence-corrected chi connectivity index (χ2v) is 4.04. The predicted molar refractivity (Wildman–Crippen MR) is 63.2 cm³/mol. The zero-order chi connectivity index (χ0) is 12.3. The summed E-state index contributed by atoms with van der Waals surface area (Å²) in [6.07, 6.45) is 8.39. The average Bonchev–Trinajstić information content (AvgIpc) is 2.39. The van der Waals surface area contributed by atoms with Crippen LogP contribution >= 0.6 is 0 Å². The van der Waals surface area contributed by atoms with Crippen LogP contribution in [-0.2, 0) is 0 Å². The summed E-state index contributed by atoms with van der Waals surface area (Å²) in [4.78, 5) is 23.8. The maximum atomic E-state index is 12.2. The van der Waals surface area contributed by atoms with Gasteiger partial charge in [-0.2, -0.15) is 0 Å². The lowest BCUT2D eigenvalue weighted by molar-refractivity contribution is 0.0582. The summed E-state index contributed by atoms with van der Waals surface area (Å²) in [5.74, 6) is 2.53. The number of amides is 1. The highest BCUT2D eigenvalue weighted by Crippen LogP contribution is 2.11. The van der Waals surface area contributed by atoms with Crippen LogP contribution in [0.5, 0.6) is 0 Å². The molecule has 1 aromatic heterocycles. The van der Waals surface area contributed by atoms with Crippen molar-refractivity contribution in [1.82, 2.24) is 19.8 Å². The molecule has 0 bridgehead atoms. The third-order valence-electron chi connectivity index (χ3n) is 2.84. The van der Waals surface area contributed by atoms with Crippen LogP contribution in [0.3, 0.4) is 0 Å². The van der Waals surface area contributed by atoms with Crippen molar-refractivity contribution in [3.05, 3.63) is 24.3 Å². The number of hydrogen-bond acceptors (Lipinski definition) is 4. The molecule has 0 aromatic carbocycles. The van der Waals surface area contributed by atoms with E-state index in [1.54, 1.807) is 17.2 Å². The summed E-state index contributed by atoms with van der Waals surface area (Å²) in [5, 5.41) is 0. The second-order valence-electron chi connectivity index (χ2n) is 4.04. The van der Waals surface area contributed by atoms with Crippen molar-refractivity contribution in [3.8, 4) is 12.3 Å². The monoisotopic (exact) mass is 230 g/mol. The number of nitrogens with zero attached hydrogens (tertiary/aromatic N) is 4. The minimum absolute atomic E-state index is 0.122. The molecule has 1 amide bonds. The number of aromatic nitrogens is 2. The highest BCUT2D eigenvalue weighted by Gasteiger charge is 2.28. The van der Waals surface area contributed by atoms with Crippen molar-refractivity contribution in [2.45, 2.75) is 6.04 Å². The first-order chi connectivity index (χ1) is 8.22. The van der Waals surface area contributed by atoms with Crippen LogP contribution in [0.1, 0.15) is 10.5 Å². The lowest BCUT2D eigenvalue weighted by atomic mass is 10.1. The van der Waals surface area contributed by atoms with E-state index < -0.39 is 0 Å². The summed E-state index contributed by atoms with van der Waals surface area (Å²) in [6.45, 7) is 2.16. The van der Waals surface area contributed by atoms with E-state index in [4.69, 9.17) is 6.42 Å². The van der Waals surface area contributed by atoms with Crippen molar-refractivity contribution in [1.29, 1.82) is 0 Å². The Bertz CT molecular complexity index is 440. The largest absolute Gasteiger partial charge is 0.321 e. The molecule has 0 radical (unpaired) electrons. The van der Waals surface area contributed by atoms with E-state index in [-0.39, 0.29) is 11.9 Å². The first kappa shape index (κ1) is 11.6. The number of likely N-dealkylation sites (N-methyl/N-ethyl adjacent to an activating group) is 1. The SMILES string of the molecule is C#C[C@H]1CN(C)CCN1C(=O)c1ccncn1. The van der Waals surface area contributed by atoms with Crippen molar-refractivity contribution >= 4 is 5.91 Å². The van der Waals surface area contributed by atoms with Gasteiger partial charge >= 0.3 is 0 Å². The van der Waals surface area contributed by atoms with E-state index in [0.29, 0.717) is 18.8 Å². The Balaban J connectivity index is 2.17. The van der Waals surface area contributed by atoms with E-state index in [1.165, 1.54) is 6.33 Å². The fourth-order valence-corrected chi connectivity index (χ4v) is 1.87. The Morgan fingerprint density at radius 3 is 3.06 bits per heavy atom. The van der Waals surface area contributed by atoms with Crippen molar-refractivity contribution in [3.63, 3.8) is 0 Å². The Hall–Kier alpha value is -1.93. The second kappa shape index (κ2) is 4.93. The Kier molecular flexibility index (Phi) is 3.35. The van der Waals surface area contributed by atoms with Gasteiger partial charge in [-0.25, -0.2) is 9.97 Å². The van der Waals surface area contributed by atoms with Gasteiger partial charge in [-0.3, -0.25) is 4.79 Å². The molecule has 0 aliphatic carbocycles. The van der Waals surface area contributed by atoms with Gasteiger partial charge in [0, 0.05) is 25.8 Å². The van der Waals surface area contributed by atoms with Gasteiger partial charge < -0.3 is 9.80 Å². The molecule has 1 atom stereocenters. The number of piperazine rings is 1. The zero-order valence-corrected chi connectivity index (χ0v) is 9.71. The molecule has 0 spiro atoms. The summed E-state index contributed by atoms with van der Waals surface area (Å²) in [5.41, 5.74) is 0.393. The van der Waals surface area contributed by atoms with E-state index in [2.05, 4.69) is 20.8 Å². The van der Waals surface area contributed by atoms with Crippen LogP contribution in [0.15, 0.2) is 18.6 Å². The molecular formula is C12H14N4O. The molecule has 5 heteroatoms. The molecule has 0 N–H and O–H groups in total. The first-order valence-corrected chi connectivity index (χ1v) is 5.44. The quantitative estimate of drug-likeness (QED) is 0.630. The van der Waals surface area contributed by atoms with Crippen LogP contribution in [-0.4, -0.2) is 58.4 Å². The Morgan fingerprint density at radius 1 is 1.59 bits per heavy atom. The molecule has 0 saturated carbocycles. The number of hydrogen-bond donors (Lipinski definition) is 0. The molecule has 88 valence electrons. The lowest BCUT2D eigenvalue weighted by Gasteiger charge is -2.37. The van der Waals surface area contributed by atoms with E-state index >= 15 is 0 Å². The molecular weight excluding hydrogens is 216 g/mol. The minimum atomic E-state index is -0.184. The van der Waals surface area contributed by atoms with Crippen LogP contribution < -0.4 is 0 Å². The number of rotatable bonds is 1. The first-order valence-electron chi connectivity index (χ1n) is 5.44. The molecule has 17 heavy (non-hydrogen) atoms. The smallest absolute Gasteiger partial charge is 0.273 e. The third kappa shape index (κ3) is 2.43. The van der Waals surface area contributed by atoms with Crippen molar-refractivity contribution in [2.75, 3.05) is 26.7 Å². The molecule has 1 fully saturated rings. The van der Waals surface area contributed by atoms with Gasteiger partial charge in [-0.05, 0) is 13.1 Å². The van der Waals surface area contributed by atoms with Gasteiger partial charge in [0.25, 0.3) is 5.91 Å². The number of carbonyl (C=O) groups excluding carboxylic acids is 1. The van der Waals surface area contributed by atoms with Gasteiger partial charge in [0.15, 0.2) is 0 Å². The highest BCUT2D eigenvalue weighted by molar-refractivity contribution is 5.92. The summed E-state index contributed by atoms with van der Waals surface area (Å²) >= 11 is 0. The Morgan fingerprint density at radius 2 is 2.41 bits per heavy atom. The molecule has 1 saturated heterocycles. The van der Waals surface area contributed by atoms with Crippen molar-refractivity contribution < 1.29 is 4.79 Å². The van der Waals surface area contributed by atoms with Crippen LogP contribution in [0.2, 0.25) is 0 Å². The van der Waals surface area contributed by atoms with E-state index in [0.717, 1.165) is 6.54 Å². The summed E-state index contributed by atoms with van der Waals surface area (Å²) in [7, 11) is 2.00. The molecule has 0 unspecified atom stereocenters. The fourth-order valence-electron chi connectivity index (χ4n) is 1.87.